The number of ketones is 1. The van der Waals surface area contributed by atoms with E-state index in [0.29, 0.717) is 24.2 Å². The highest BCUT2D eigenvalue weighted by molar-refractivity contribution is 6.33. The Kier molecular flexibility index (Phi) is 7.56. The fraction of sp³-hybridized carbons (Fsp3) is 0.500. The van der Waals surface area contributed by atoms with Crippen molar-refractivity contribution in [3.8, 4) is 5.75 Å². The number of aldehydes is 1. The van der Waals surface area contributed by atoms with E-state index in [9.17, 15) is 9.59 Å². The Morgan fingerprint density at radius 1 is 1.16 bits per heavy atom. The summed E-state index contributed by atoms with van der Waals surface area (Å²) in [4.78, 5) is 21.6. The minimum Gasteiger partial charge on any atom is -0.494 e. The van der Waals surface area contributed by atoms with E-state index in [1.807, 2.05) is 0 Å². The van der Waals surface area contributed by atoms with Crippen molar-refractivity contribution in [1.82, 2.24) is 0 Å². The fourth-order valence-corrected chi connectivity index (χ4v) is 1.88. The third-order valence-corrected chi connectivity index (χ3v) is 2.99. The molecule has 1 aromatic carbocycles. The lowest BCUT2D eigenvalue weighted by molar-refractivity contribution is -0.104. The number of unbranched alkanes of at least 4 members (excludes halogenated alkanes) is 5. The lowest BCUT2D eigenvalue weighted by Crippen LogP contribution is -2.02. The molecule has 19 heavy (non-hydrogen) atoms. The van der Waals surface area contributed by atoms with E-state index in [2.05, 4.69) is 6.92 Å². The summed E-state index contributed by atoms with van der Waals surface area (Å²) in [6, 6.07) is 6.77. The highest BCUT2D eigenvalue weighted by atomic mass is 16.5. The van der Waals surface area contributed by atoms with Gasteiger partial charge in [0.15, 0.2) is 6.29 Å². The summed E-state index contributed by atoms with van der Waals surface area (Å²) >= 11 is 0. The van der Waals surface area contributed by atoms with Crippen LogP contribution in [0.25, 0.3) is 0 Å². The summed E-state index contributed by atoms with van der Waals surface area (Å²) in [6.07, 6.45) is 7.63. The van der Waals surface area contributed by atoms with Crippen LogP contribution in [0.1, 0.15) is 55.8 Å². The van der Waals surface area contributed by atoms with Crippen LogP contribution in [-0.2, 0) is 4.79 Å². The van der Waals surface area contributed by atoms with Gasteiger partial charge in [0.1, 0.15) is 5.75 Å². The van der Waals surface area contributed by atoms with Crippen LogP contribution in [0.15, 0.2) is 24.3 Å². The average Bonchev–Trinajstić information content (AvgIpc) is 2.46. The number of hydrogen-bond donors (Lipinski definition) is 0. The molecule has 0 fully saturated rings. The van der Waals surface area contributed by atoms with Crippen LogP contribution < -0.4 is 4.74 Å². The summed E-state index contributed by atoms with van der Waals surface area (Å²) < 4.78 is 5.58. The molecule has 0 heterocycles. The summed E-state index contributed by atoms with van der Waals surface area (Å²) in [6.45, 7) is 2.86. The second-order valence-electron chi connectivity index (χ2n) is 4.63. The van der Waals surface area contributed by atoms with Gasteiger partial charge < -0.3 is 4.74 Å². The first-order chi connectivity index (χ1) is 9.27. The van der Waals surface area contributed by atoms with Crippen molar-refractivity contribution >= 4 is 12.1 Å². The van der Waals surface area contributed by atoms with Crippen LogP contribution in [0.2, 0.25) is 0 Å². The summed E-state index contributed by atoms with van der Waals surface area (Å²) in [7, 11) is 0. The number of rotatable bonds is 10. The van der Waals surface area contributed by atoms with E-state index in [-0.39, 0.29) is 0 Å². The van der Waals surface area contributed by atoms with Crippen LogP contribution in [0, 0.1) is 0 Å². The molecule has 0 aliphatic carbocycles. The number of benzene rings is 1. The maximum atomic E-state index is 11.2. The zero-order valence-electron chi connectivity index (χ0n) is 11.6. The molecule has 0 aliphatic rings. The number of ether oxygens (including phenoxy) is 1. The molecule has 0 N–H and O–H groups in total. The van der Waals surface area contributed by atoms with Gasteiger partial charge in [0.05, 0.1) is 6.61 Å². The minimum absolute atomic E-state index is 0.326. The third-order valence-electron chi connectivity index (χ3n) is 2.99. The third kappa shape index (κ3) is 6.18. The molecule has 0 aromatic heterocycles. The van der Waals surface area contributed by atoms with E-state index in [1.165, 1.54) is 32.1 Å². The van der Waals surface area contributed by atoms with Gasteiger partial charge in [-0.3, -0.25) is 9.59 Å². The van der Waals surface area contributed by atoms with Crippen molar-refractivity contribution in [3.63, 3.8) is 0 Å². The molecule has 1 rings (SSSR count). The van der Waals surface area contributed by atoms with Crippen LogP contribution in [0.3, 0.4) is 0 Å². The first kappa shape index (κ1) is 15.4. The van der Waals surface area contributed by atoms with Gasteiger partial charge in [-0.25, -0.2) is 0 Å². The number of carbonyl (C=O) groups is 2. The monoisotopic (exact) mass is 262 g/mol. The van der Waals surface area contributed by atoms with Gasteiger partial charge in [-0.15, -0.1) is 0 Å². The van der Waals surface area contributed by atoms with E-state index < -0.39 is 5.78 Å². The SMILES string of the molecule is CCCCCCCCOc1cccc(C(=O)C=O)c1. The quantitative estimate of drug-likeness (QED) is 0.279. The average molecular weight is 262 g/mol. The highest BCUT2D eigenvalue weighted by Crippen LogP contribution is 2.14. The Labute approximate surface area is 115 Å². The van der Waals surface area contributed by atoms with Crippen molar-refractivity contribution in [1.29, 1.82) is 0 Å². The Morgan fingerprint density at radius 2 is 1.89 bits per heavy atom. The van der Waals surface area contributed by atoms with Crippen molar-refractivity contribution in [2.75, 3.05) is 6.61 Å². The molecule has 0 amide bonds. The lowest BCUT2D eigenvalue weighted by Gasteiger charge is -2.06. The normalized spacial score (nSPS) is 10.2. The maximum Gasteiger partial charge on any atom is 0.225 e. The zero-order chi connectivity index (χ0) is 13.9. The van der Waals surface area contributed by atoms with Crippen molar-refractivity contribution in [2.24, 2.45) is 0 Å². The predicted molar refractivity (Wildman–Crippen MR) is 75.7 cm³/mol. The first-order valence-electron chi connectivity index (χ1n) is 7.00. The van der Waals surface area contributed by atoms with E-state index in [4.69, 9.17) is 4.74 Å². The summed E-state index contributed by atoms with van der Waals surface area (Å²) in [5, 5.41) is 0. The molecule has 3 nitrogen and oxygen atoms in total. The Morgan fingerprint density at radius 3 is 2.63 bits per heavy atom. The van der Waals surface area contributed by atoms with Gasteiger partial charge in [-0.2, -0.15) is 0 Å². The molecular formula is C16H22O3. The zero-order valence-corrected chi connectivity index (χ0v) is 11.6. The number of carbonyl (C=O) groups excluding carboxylic acids is 2. The molecule has 0 bridgehead atoms. The molecule has 0 spiro atoms. The van der Waals surface area contributed by atoms with Gasteiger partial charge in [0.2, 0.25) is 5.78 Å². The van der Waals surface area contributed by atoms with Crippen molar-refractivity contribution < 1.29 is 14.3 Å². The lowest BCUT2D eigenvalue weighted by atomic mass is 10.1. The number of hydrogen-bond acceptors (Lipinski definition) is 3. The maximum absolute atomic E-state index is 11.2. The second-order valence-corrected chi connectivity index (χ2v) is 4.63. The smallest absolute Gasteiger partial charge is 0.225 e. The Bertz CT molecular complexity index is 399. The molecule has 0 aliphatic heterocycles. The van der Waals surface area contributed by atoms with Crippen LogP contribution in [-0.4, -0.2) is 18.7 Å². The molecule has 3 heteroatoms. The Balaban J connectivity index is 2.26. The van der Waals surface area contributed by atoms with E-state index in [1.54, 1.807) is 24.3 Å². The van der Waals surface area contributed by atoms with E-state index >= 15 is 0 Å². The fourth-order valence-electron chi connectivity index (χ4n) is 1.88. The van der Waals surface area contributed by atoms with E-state index in [0.717, 1.165) is 6.42 Å². The summed E-state index contributed by atoms with van der Waals surface area (Å²) in [5.74, 6) is 0.145. The van der Waals surface area contributed by atoms with Gasteiger partial charge in [-0.05, 0) is 18.6 Å². The van der Waals surface area contributed by atoms with Crippen molar-refractivity contribution in [3.05, 3.63) is 29.8 Å². The molecule has 1 aromatic rings. The second kappa shape index (κ2) is 9.31. The molecule has 0 atom stereocenters. The van der Waals surface area contributed by atoms with Crippen LogP contribution >= 0.6 is 0 Å². The topological polar surface area (TPSA) is 43.4 Å². The van der Waals surface area contributed by atoms with Crippen molar-refractivity contribution in [2.45, 2.75) is 45.4 Å². The first-order valence-corrected chi connectivity index (χ1v) is 7.00. The summed E-state index contributed by atoms with van der Waals surface area (Å²) in [5.41, 5.74) is 0.385. The van der Waals surface area contributed by atoms with Gasteiger partial charge in [0.25, 0.3) is 0 Å². The number of Topliss-reactive ketones (excluding diaryl/α,β-unsaturated/α-hetero) is 1. The highest BCUT2D eigenvalue weighted by Gasteiger charge is 2.04. The molecule has 104 valence electrons. The molecule has 0 saturated carbocycles. The molecule has 0 unspecified atom stereocenters. The van der Waals surface area contributed by atoms with Crippen LogP contribution in [0.4, 0.5) is 0 Å². The molecule has 0 radical (unpaired) electrons. The predicted octanol–water partition coefficient (Wildman–Crippen LogP) is 3.81. The Hall–Kier alpha value is -1.64. The van der Waals surface area contributed by atoms with Gasteiger partial charge in [-0.1, -0.05) is 51.2 Å². The standard InChI is InChI=1S/C16H22O3/c1-2-3-4-5-6-7-11-19-15-10-8-9-14(12-15)16(18)13-17/h8-10,12-13H,2-7,11H2,1H3. The van der Waals surface area contributed by atoms with Gasteiger partial charge in [0, 0.05) is 5.56 Å². The largest absolute Gasteiger partial charge is 0.494 e. The molecular weight excluding hydrogens is 240 g/mol. The molecule has 0 saturated heterocycles. The van der Waals surface area contributed by atoms with Gasteiger partial charge >= 0.3 is 0 Å². The van der Waals surface area contributed by atoms with Crippen LogP contribution in [0.5, 0.6) is 5.75 Å². The minimum atomic E-state index is -0.509.